The van der Waals surface area contributed by atoms with Gasteiger partial charge >= 0.3 is 0 Å². The Morgan fingerprint density at radius 3 is 2.57 bits per heavy atom. The first-order valence-electron chi connectivity index (χ1n) is 8.76. The number of nitrogens with zero attached hydrogens (tertiary/aromatic N) is 3. The van der Waals surface area contributed by atoms with Crippen LogP contribution in [0.25, 0.3) is 0 Å². The first-order chi connectivity index (χ1) is 11.0. The first kappa shape index (κ1) is 18.0. The van der Waals surface area contributed by atoms with Gasteiger partial charge in [0.1, 0.15) is 6.54 Å². The van der Waals surface area contributed by atoms with E-state index in [9.17, 15) is 4.79 Å². The van der Waals surface area contributed by atoms with Crippen molar-refractivity contribution in [2.75, 3.05) is 53.5 Å². The number of nitrogens with one attached hydrogen (secondary N) is 1. The minimum atomic E-state index is 0.0339. The van der Waals surface area contributed by atoms with Crippen LogP contribution in [0.4, 0.5) is 0 Å². The highest BCUT2D eigenvalue weighted by Gasteiger charge is 2.25. The molecule has 2 saturated heterocycles. The molecule has 0 spiro atoms. The van der Waals surface area contributed by atoms with Crippen molar-refractivity contribution in [2.24, 2.45) is 22.7 Å². The van der Waals surface area contributed by atoms with E-state index in [2.05, 4.69) is 29.1 Å². The molecule has 1 N–H and O–H groups in total. The summed E-state index contributed by atoms with van der Waals surface area (Å²) in [7, 11) is 3.54. The summed E-state index contributed by atoms with van der Waals surface area (Å²) < 4.78 is 5.44. The van der Waals surface area contributed by atoms with E-state index < -0.39 is 0 Å². The fourth-order valence-corrected chi connectivity index (χ4v) is 3.37. The number of likely N-dealkylation sites (tertiary alicyclic amines) is 1. The molecule has 3 atom stereocenters. The molecule has 0 saturated carbocycles. The smallest absolute Gasteiger partial charge is 0.243 e. The molecular formula is C17H32N4O2. The third kappa shape index (κ3) is 5.68. The molecule has 0 bridgehead atoms. The lowest BCUT2D eigenvalue weighted by Crippen LogP contribution is -2.49. The van der Waals surface area contributed by atoms with E-state index in [0.29, 0.717) is 17.8 Å². The van der Waals surface area contributed by atoms with Crippen molar-refractivity contribution in [3.8, 4) is 0 Å². The molecule has 0 aliphatic carbocycles. The van der Waals surface area contributed by atoms with Crippen LogP contribution in [0.2, 0.25) is 0 Å². The van der Waals surface area contributed by atoms with Crippen molar-refractivity contribution in [1.29, 1.82) is 0 Å². The Hall–Kier alpha value is -1.30. The highest BCUT2D eigenvalue weighted by Crippen LogP contribution is 2.21. The number of amides is 1. The number of likely N-dealkylation sites (N-methyl/N-ethyl adjacent to an activating group) is 1. The van der Waals surface area contributed by atoms with Gasteiger partial charge in [-0.15, -0.1) is 0 Å². The van der Waals surface area contributed by atoms with Crippen LogP contribution in [-0.2, 0) is 9.53 Å². The normalized spacial score (nSPS) is 28.8. The van der Waals surface area contributed by atoms with Crippen LogP contribution < -0.4 is 5.32 Å². The Kier molecular flexibility index (Phi) is 6.69. The molecule has 0 radical (unpaired) electrons. The summed E-state index contributed by atoms with van der Waals surface area (Å²) in [6.07, 6.45) is 2.36. The highest BCUT2D eigenvalue weighted by atomic mass is 16.5. The van der Waals surface area contributed by atoms with Gasteiger partial charge in [0, 0.05) is 46.3 Å². The van der Waals surface area contributed by atoms with Crippen LogP contribution in [0.5, 0.6) is 0 Å². The summed E-state index contributed by atoms with van der Waals surface area (Å²) in [4.78, 5) is 20.4. The molecule has 2 rings (SSSR count). The van der Waals surface area contributed by atoms with E-state index >= 15 is 0 Å². The van der Waals surface area contributed by atoms with Gasteiger partial charge in [-0.05, 0) is 24.7 Å². The Labute approximate surface area is 140 Å². The van der Waals surface area contributed by atoms with Crippen LogP contribution in [-0.4, -0.2) is 75.2 Å². The number of piperidine rings is 1. The fraction of sp³-hybridized carbons (Fsp3) is 0.882. The molecule has 6 nitrogen and oxygen atoms in total. The van der Waals surface area contributed by atoms with Gasteiger partial charge in [0.15, 0.2) is 5.96 Å². The largest absolute Gasteiger partial charge is 0.381 e. The van der Waals surface area contributed by atoms with Crippen LogP contribution in [0, 0.1) is 17.8 Å². The van der Waals surface area contributed by atoms with Crippen molar-refractivity contribution >= 4 is 11.9 Å². The first-order valence-corrected chi connectivity index (χ1v) is 8.76. The molecule has 2 fully saturated rings. The molecule has 0 aromatic carbocycles. The van der Waals surface area contributed by atoms with Crippen LogP contribution in [0.1, 0.15) is 26.7 Å². The van der Waals surface area contributed by atoms with Gasteiger partial charge in [-0.1, -0.05) is 13.8 Å². The number of hydrogen-bond acceptors (Lipinski definition) is 3. The van der Waals surface area contributed by atoms with E-state index in [0.717, 1.165) is 45.2 Å². The summed E-state index contributed by atoms with van der Waals surface area (Å²) in [5.74, 6) is 2.77. The molecule has 2 heterocycles. The second-order valence-corrected chi connectivity index (χ2v) is 7.39. The van der Waals surface area contributed by atoms with Crippen molar-refractivity contribution in [2.45, 2.75) is 26.7 Å². The predicted octanol–water partition coefficient (Wildman–Crippen LogP) is 1.03. The molecule has 2 aliphatic heterocycles. The molecule has 0 aromatic rings. The number of carbonyl (C=O) groups excluding carboxylic acids is 1. The molecule has 132 valence electrons. The average Bonchev–Trinajstić information content (AvgIpc) is 2.99. The maximum atomic E-state index is 11.9. The lowest BCUT2D eigenvalue weighted by molar-refractivity contribution is -0.127. The zero-order valence-electron chi connectivity index (χ0n) is 15.0. The van der Waals surface area contributed by atoms with Crippen LogP contribution in [0.3, 0.4) is 0 Å². The summed E-state index contributed by atoms with van der Waals surface area (Å²) >= 11 is 0. The maximum absolute atomic E-state index is 11.9. The van der Waals surface area contributed by atoms with Gasteiger partial charge in [0.2, 0.25) is 5.91 Å². The minimum Gasteiger partial charge on any atom is -0.381 e. The number of aliphatic imine (C=N–C) groups is 1. The molecule has 6 heteroatoms. The van der Waals surface area contributed by atoms with E-state index in [-0.39, 0.29) is 12.5 Å². The third-order valence-electron chi connectivity index (χ3n) is 4.60. The van der Waals surface area contributed by atoms with E-state index in [1.54, 1.807) is 19.0 Å². The van der Waals surface area contributed by atoms with Gasteiger partial charge in [0.25, 0.3) is 0 Å². The monoisotopic (exact) mass is 324 g/mol. The number of ether oxygens (including phenoxy) is 1. The Morgan fingerprint density at radius 2 is 2.00 bits per heavy atom. The van der Waals surface area contributed by atoms with Crippen LogP contribution in [0.15, 0.2) is 4.99 Å². The molecule has 1 amide bonds. The quantitative estimate of drug-likeness (QED) is 0.620. The molecule has 23 heavy (non-hydrogen) atoms. The van der Waals surface area contributed by atoms with Crippen molar-refractivity contribution in [3.63, 3.8) is 0 Å². The summed E-state index contributed by atoms with van der Waals surface area (Å²) in [5.41, 5.74) is 0. The Morgan fingerprint density at radius 1 is 1.30 bits per heavy atom. The zero-order chi connectivity index (χ0) is 16.8. The third-order valence-corrected chi connectivity index (χ3v) is 4.60. The number of rotatable bonds is 4. The van der Waals surface area contributed by atoms with Gasteiger partial charge in [0.05, 0.1) is 6.61 Å². The molecule has 0 aromatic heterocycles. The van der Waals surface area contributed by atoms with E-state index in [1.807, 2.05) is 0 Å². The molecule has 2 aliphatic rings. The number of guanidine groups is 1. The lowest BCUT2D eigenvalue weighted by Gasteiger charge is -2.37. The highest BCUT2D eigenvalue weighted by molar-refractivity contribution is 5.85. The second-order valence-electron chi connectivity index (χ2n) is 7.39. The Balaban J connectivity index is 1.99. The van der Waals surface area contributed by atoms with Gasteiger partial charge in [-0.25, -0.2) is 4.99 Å². The lowest BCUT2D eigenvalue weighted by atomic mass is 9.92. The molecular weight excluding hydrogens is 292 g/mol. The maximum Gasteiger partial charge on any atom is 0.243 e. The van der Waals surface area contributed by atoms with Crippen molar-refractivity contribution in [1.82, 2.24) is 15.1 Å². The predicted molar refractivity (Wildman–Crippen MR) is 92.4 cm³/mol. The summed E-state index contributed by atoms with van der Waals surface area (Å²) in [6, 6.07) is 0. The average molecular weight is 324 g/mol. The van der Waals surface area contributed by atoms with Gasteiger partial charge in [-0.2, -0.15) is 0 Å². The standard InChI is InChI=1S/C17H32N4O2/c1-13-7-14(2)11-21(10-13)17(19-9-16(22)20(3)4)18-8-15-5-6-23-12-15/h13-15H,5-12H2,1-4H3,(H,18,19). The SMILES string of the molecule is CC1CC(C)CN(C(=NCC(=O)N(C)C)NCC2CCOC2)C1. The fourth-order valence-electron chi connectivity index (χ4n) is 3.37. The van der Waals surface area contributed by atoms with Crippen molar-refractivity contribution in [3.05, 3.63) is 0 Å². The second kappa shape index (κ2) is 8.52. The summed E-state index contributed by atoms with van der Waals surface area (Å²) in [6.45, 7) is 9.34. The minimum absolute atomic E-state index is 0.0339. The summed E-state index contributed by atoms with van der Waals surface area (Å²) in [5, 5.41) is 3.49. The van der Waals surface area contributed by atoms with E-state index in [4.69, 9.17) is 4.74 Å². The van der Waals surface area contributed by atoms with Crippen molar-refractivity contribution < 1.29 is 9.53 Å². The number of hydrogen-bond donors (Lipinski definition) is 1. The topological polar surface area (TPSA) is 57.2 Å². The Bertz CT molecular complexity index is 409. The van der Waals surface area contributed by atoms with Crippen LogP contribution >= 0.6 is 0 Å². The van der Waals surface area contributed by atoms with Gasteiger partial charge in [-0.3, -0.25) is 4.79 Å². The number of carbonyl (C=O) groups is 1. The van der Waals surface area contributed by atoms with Gasteiger partial charge < -0.3 is 19.9 Å². The zero-order valence-corrected chi connectivity index (χ0v) is 15.0. The molecule has 3 unspecified atom stereocenters. The van der Waals surface area contributed by atoms with E-state index in [1.165, 1.54) is 6.42 Å².